The summed E-state index contributed by atoms with van der Waals surface area (Å²) in [6.45, 7) is 1.27. The lowest BCUT2D eigenvalue weighted by Crippen LogP contribution is -2.19. The quantitative estimate of drug-likeness (QED) is 0.361. The first kappa shape index (κ1) is 17.1. The van der Waals surface area contributed by atoms with Crippen LogP contribution in [0.25, 0.3) is 11.0 Å². The Bertz CT molecular complexity index is 947. The molecule has 1 saturated carbocycles. The minimum Gasteiger partial charge on any atom is -0.459 e. The van der Waals surface area contributed by atoms with E-state index in [4.69, 9.17) is 20.8 Å². The van der Waals surface area contributed by atoms with E-state index in [1.807, 2.05) is 36.4 Å². The van der Waals surface area contributed by atoms with E-state index in [2.05, 4.69) is 10.5 Å². The van der Waals surface area contributed by atoms with Gasteiger partial charge in [-0.15, -0.1) is 0 Å². The first-order valence-corrected chi connectivity index (χ1v) is 8.94. The molecule has 134 valence electrons. The average Bonchev–Trinajstić information content (AvgIpc) is 3.37. The molecule has 4 rings (SSSR count). The number of fused-ring (bicyclic) bond motifs is 1. The van der Waals surface area contributed by atoms with Crippen molar-refractivity contribution >= 4 is 34.1 Å². The van der Waals surface area contributed by atoms with E-state index in [9.17, 15) is 5.21 Å². The molecule has 1 aliphatic rings. The lowest BCUT2D eigenvalue weighted by atomic mass is 10.1. The van der Waals surface area contributed by atoms with Crippen LogP contribution in [0, 0.1) is 5.92 Å². The second kappa shape index (κ2) is 7.50. The topological polar surface area (TPSA) is 67.0 Å². The number of ether oxygens (including phenoxy) is 1. The van der Waals surface area contributed by atoms with Gasteiger partial charge in [0.05, 0.1) is 5.69 Å². The molecule has 0 spiro atoms. The fraction of sp³-hybridized carbons (Fsp3) is 0.250. The molecule has 2 N–H and O–H groups in total. The Balaban J connectivity index is 1.56. The molecule has 0 radical (unpaired) electrons. The van der Waals surface area contributed by atoms with Crippen LogP contribution in [0.5, 0.6) is 0 Å². The maximum atomic E-state index is 9.50. The number of rotatable bonds is 6. The second-order valence-electron chi connectivity index (χ2n) is 6.48. The number of amidine groups is 1. The molecule has 26 heavy (non-hydrogen) atoms. The second-order valence-corrected chi connectivity index (χ2v) is 6.91. The van der Waals surface area contributed by atoms with Crippen LogP contribution >= 0.6 is 11.6 Å². The molecule has 1 fully saturated rings. The van der Waals surface area contributed by atoms with Gasteiger partial charge in [-0.1, -0.05) is 17.7 Å². The van der Waals surface area contributed by atoms with Gasteiger partial charge in [0.1, 0.15) is 18.0 Å². The zero-order valence-corrected chi connectivity index (χ0v) is 14.9. The third-order valence-corrected chi connectivity index (χ3v) is 4.53. The van der Waals surface area contributed by atoms with Crippen molar-refractivity contribution in [1.29, 1.82) is 0 Å². The minimum atomic E-state index is 0.335. The van der Waals surface area contributed by atoms with E-state index in [0.717, 1.165) is 34.8 Å². The van der Waals surface area contributed by atoms with E-state index in [1.165, 1.54) is 12.8 Å². The summed E-state index contributed by atoms with van der Waals surface area (Å²) in [6, 6.07) is 14.7. The monoisotopic (exact) mass is 370 g/mol. The van der Waals surface area contributed by atoms with Crippen molar-refractivity contribution in [2.75, 3.05) is 6.61 Å². The van der Waals surface area contributed by atoms with Crippen LogP contribution in [0.15, 0.2) is 57.9 Å². The number of nitrogens with zero attached hydrogens (tertiary/aromatic N) is 1. The maximum absolute atomic E-state index is 9.50. The van der Waals surface area contributed by atoms with Gasteiger partial charge >= 0.3 is 0 Å². The smallest absolute Gasteiger partial charge is 0.157 e. The molecule has 2 aromatic carbocycles. The van der Waals surface area contributed by atoms with Crippen LogP contribution in [0.2, 0.25) is 5.02 Å². The van der Waals surface area contributed by atoms with Gasteiger partial charge in [0, 0.05) is 22.6 Å². The van der Waals surface area contributed by atoms with E-state index in [1.54, 1.807) is 12.1 Å². The number of halogens is 1. The van der Waals surface area contributed by atoms with Crippen molar-refractivity contribution in [1.82, 2.24) is 5.48 Å². The molecule has 1 aliphatic carbocycles. The summed E-state index contributed by atoms with van der Waals surface area (Å²) in [7, 11) is 0. The first-order valence-electron chi connectivity index (χ1n) is 8.56. The molecule has 0 amide bonds. The van der Waals surface area contributed by atoms with Gasteiger partial charge in [-0.2, -0.15) is 0 Å². The van der Waals surface area contributed by atoms with Gasteiger partial charge in [0.2, 0.25) is 0 Å². The van der Waals surface area contributed by atoms with E-state index >= 15 is 0 Å². The van der Waals surface area contributed by atoms with Gasteiger partial charge in [-0.25, -0.2) is 4.99 Å². The average molecular weight is 371 g/mol. The van der Waals surface area contributed by atoms with E-state index in [0.29, 0.717) is 23.2 Å². The summed E-state index contributed by atoms with van der Waals surface area (Å²) < 4.78 is 11.5. The summed E-state index contributed by atoms with van der Waals surface area (Å²) >= 11 is 5.99. The Hall–Kier alpha value is -2.34. The van der Waals surface area contributed by atoms with Crippen LogP contribution in [0.1, 0.15) is 24.2 Å². The molecule has 1 heterocycles. The van der Waals surface area contributed by atoms with Crippen LogP contribution in [-0.2, 0) is 11.3 Å². The molecule has 5 nitrogen and oxygen atoms in total. The summed E-state index contributed by atoms with van der Waals surface area (Å²) in [5, 5.41) is 11.0. The predicted molar refractivity (Wildman–Crippen MR) is 101 cm³/mol. The van der Waals surface area contributed by atoms with Crippen molar-refractivity contribution in [3.05, 3.63) is 64.9 Å². The maximum Gasteiger partial charge on any atom is 0.157 e. The molecule has 1 aromatic heterocycles. The van der Waals surface area contributed by atoms with E-state index < -0.39 is 0 Å². The molecule has 0 saturated heterocycles. The van der Waals surface area contributed by atoms with Crippen LogP contribution in [-0.4, -0.2) is 17.6 Å². The Morgan fingerprint density at radius 2 is 2.12 bits per heavy atom. The van der Waals surface area contributed by atoms with Gasteiger partial charge in [-0.05, 0) is 61.2 Å². The molecular weight excluding hydrogens is 352 g/mol. The number of hydrogen-bond donors (Lipinski definition) is 2. The molecule has 0 unspecified atom stereocenters. The van der Waals surface area contributed by atoms with Gasteiger partial charge < -0.3 is 9.15 Å². The highest BCUT2D eigenvalue weighted by atomic mass is 35.5. The summed E-state index contributed by atoms with van der Waals surface area (Å²) in [5.74, 6) is 1.86. The summed E-state index contributed by atoms with van der Waals surface area (Å²) in [6.07, 6.45) is 2.54. The Morgan fingerprint density at radius 3 is 2.88 bits per heavy atom. The first-order chi connectivity index (χ1) is 12.7. The highest BCUT2D eigenvalue weighted by Gasteiger charge is 2.21. The van der Waals surface area contributed by atoms with Crippen LogP contribution in [0.3, 0.4) is 0 Å². The molecule has 0 aliphatic heterocycles. The highest BCUT2D eigenvalue weighted by molar-refractivity contribution is 6.30. The summed E-state index contributed by atoms with van der Waals surface area (Å²) in [4.78, 5) is 4.41. The Labute approximate surface area is 156 Å². The molecule has 6 heteroatoms. The van der Waals surface area contributed by atoms with Crippen molar-refractivity contribution in [3.8, 4) is 0 Å². The van der Waals surface area contributed by atoms with E-state index in [-0.39, 0.29) is 0 Å². The molecular formula is C20H19ClN2O3. The van der Waals surface area contributed by atoms with Crippen LogP contribution in [0.4, 0.5) is 5.69 Å². The number of hydrogen-bond acceptors (Lipinski definition) is 4. The van der Waals surface area contributed by atoms with Crippen molar-refractivity contribution in [3.63, 3.8) is 0 Å². The number of aliphatic imine (C=N–C) groups is 1. The Morgan fingerprint density at radius 1 is 1.23 bits per heavy atom. The minimum absolute atomic E-state index is 0.335. The number of nitrogens with one attached hydrogen (secondary N) is 1. The number of furan rings is 1. The fourth-order valence-corrected chi connectivity index (χ4v) is 2.94. The summed E-state index contributed by atoms with van der Waals surface area (Å²) in [5.41, 5.74) is 4.33. The molecule has 0 bridgehead atoms. The highest BCUT2D eigenvalue weighted by Crippen LogP contribution is 2.29. The predicted octanol–water partition coefficient (Wildman–Crippen LogP) is 5.07. The number of hydroxylamine groups is 1. The van der Waals surface area contributed by atoms with Gasteiger partial charge in [0.15, 0.2) is 5.84 Å². The van der Waals surface area contributed by atoms with Crippen LogP contribution < -0.4 is 5.48 Å². The zero-order chi connectivity index (χ0) is 17.9. The van der Waals surface area contributed by atoms with Gasteiger partial charge in [0.25, 0.3) is 0 Å². The number of benzene rings is 2. The zero-order valence-electron chi connectivity index (χ0n) is 14.1. The van der Waals surface area contributed by atoms with Gasteiger partial charge in [-0.3, -0.25) is 10.7 Å². The third kappa shape index (κ3) is 4.07. The standard InChI is InChI=1S/C20H19ClN2O3/c21-16-2-1-3-17(10-16)22-20(23-24)14-6-7-19-15(8-14)9-18(26-19)12-25-11-13-4-5-13/h1-3,6-10,13,24H,4-5,11-12H2,(H,22,23). The van der Waals surface area contributed by atoms with Crippen molar-refractivity contribution in [2.24, 2.45) is 10.9 Å². The fourth-order valence-electron chi connectivity index (χ4n) is 2.76. The SMILES string of the molecule is ONC(=Nc1cccc(Cl)c1)c1ccc2oc(COCC3CC3)cc2c1. The molecule has 0 atom stereocenters. The van der Waals surface area contributed by atoms with Crippen molar-refractivity contribution in [2.45, 2.75) is 19.4 Å². The lowest BCUT2D eigenvalue weighted by molar-refractivity contribution is 0.0984. The Kier molecular flexibility index (Phi) is 4.93. The van der Waals surface area contributed by atoms with Crippen molar-refractivity contribution < 1.29 is 14.4 Å². The lowest BCUT2D eigenvalue weighted by Gasteiger charge is -2.05. The third-order valence-electron chi connectivity index (χ3n) is 4.29. The molecule has 3 aromatic rings. The normalized spacial score (nSPS) is 14.8. The largest absolute Gasteiger partial charge is 0.459 e.